The van der Waals surface area contributed by atoms with Crippen LogP contribution in [0.25, 0.3) is 0 Å². The average Bonchev–Trinajstić information content (AvgIpc) is 2.43. The Morgan fingerprint density at radius 1 is 1.15 bits per heavy atom. The van der Waals surface area contributed by atoms with Gasteiger partial charge in [-0.1, -0.05) is 36.4 Å². The molecule has 0 fully saturated rings. The second kappa shape index (κ2) is 4.96. The van der Waals surface area contributed by atoms with Crippen LogP contribution in [0.5, 0.6) is 0 Å². The van der Waals surface area contributed by atoms with E-state index in [4.69, 9.17) is 5.84 Å². The first-order valence-corrected chi connectivity index (χ1v) is 6.62. The van der Waals surface area contributed by atoms with E-state index in [-0.39, 0.29) is 11.5 Å². The van der Waals surface area contributed by atoms with Gasteiger partial charge >= 0.3 is 0 Å². The first kappa shape index (κ1) is 13.2. The van der Waals surface area contributed by atoms with Gasteiger partial charge in [-0.15, -0.1) is 0 Å². The van der Waals surface area contributed by atoms with Gasteiger partial charge in [-0.05, 0) is 30.0 Å². The fourth-order valence-electron chi connectivity index (χ4n) is 2.92. The predicted octanol–water partition coefficient (Wildman–Crippen LogP) is 3.12. The van der Waals surface area contributed by atoms with E-state index in [0.29, 0.717) is 5.56 Å². The van der Waals surface area contributed by atoms with Gasteiger partial charge in [-0.3, -0.25) is 11.3 Å². The fraction of sp³-hybridized carbons (Fsp3) is 0.250. The van der Waals surface area contributed by atoms with Gasteiger partial charge in [0.25, 0.3) is 0 Å². The molecular formula is C16H16F2N2. The third-order valence-corrected chi connectivity index (χ3v) is 4.12. The van der Waals surface area contributed by atoms with Crippen LogP contribution >= 0.6 is 0 Å². The molecule has 3 N–H and O–H groups in total. The van der Waals surface area contributed by atoms with Crippen molar-refractivity contribution in [2.45, 2.75) is 25.3 Å². The summed E-state index contributed by atoms with van der Waals surface area (Å²) in [5, 5.41) is 0. The first-order valence-electron chi connectivity index (χ1n) is 6.62. The number of fused-ring (bicyclic) bond motifs is 1. The van der Waals surface area contributed by atoms with E-state index in [2.05, 4.69) is 5.43 Å². The van der Waals surface area contributed by atoms with Gasteiger partial charge in [0.1, 0.15) is 0 Å². The Hall–Kier alpha value is -1.78. The molecule has 20 heavy (non-hydrogen) atoms. The van der Waals surface area contributed by atoms with Crippen LogP contribution in [0.3, 0.4) is 0 Å². The highest BCUT2D eigenvalue weighted by molar-refractivity contribution is 5.43. The summed E-state index contributed by atoms with van der Waals surface area (Å²) in [5.74, 6) is 4.06. The number of rotatable bonds is 3. The summed E-state index contributed by atoms with van der Waals surface area (Å²) < 4.78 is 27.9. The van der Waals surface area contributed by atoms with Crippen LogP contribution in [0.1, 0.15) is 34.2 Å². The zero-order valence-corrected chi connectivity index (χ0v) is 11.2. The van der Waals surface area contributed by atoms with Crippen molar-refractivity contribution in [1.82, 2.24) is 5.43 Å². The van der Waals surface area contributed by atoms with Crippen molar-refractivity contribution >= 4 is 0 Å². The van der Waals surface area contributed by atoms with E-state index in [1.807, 2.05) is 24.3 Å². The van der Waals surface area contributed by atoms with Gasteiger partial charge in [0.05, 0.1) is 6.04 Å². The fourth-order valence-corrected chi connectivity index (χ4v) is 2.92. The molecule has 2 atom stereocenters. The Bertz CT molecular complexity index is 655. The van der Waals surface area contributed by atoms with Crippen LogP contribution in [0.4, 0.5) is 8.78 Å². The number of hydrazine groups is 1. The van der Waals surface area contributed by atoms with Crippen molar-refractivity contribution in [2.24, 2.45) is 5.84 Å². The SMILES string of the molecule is Cc1ccc(C(NN)C2Cc3ccccc32)c(F)c1F. The first-order chi connectivity index (χ1) is 9.63. The highest BCUT2D eigenvalue weighted by Gasteiger charge is 2.35. The van der Waals surface area contributed by atoms with Gasteiger partial charge < -0.3 is 0 Å². The van der Waals surface area contributed by atoms with Gasteiger partial charge in [-0.2, -0.15) is 0 Å². The van der Waals surface area contributed by atoms with Crippen LogP contribution in [0.15, 0.2) is 36.4 Å². The van der Waals surface area contributed by atoms with Crippen LogP contribution in [0, 0.1) is 18.6 Å². The van der Waals surface area contributed by atoms with Gasteiger partial charge in [0.15, 0.2) is 11.6 Å². The van der Waals surface area contributed by atoms with Crippen molar-refractivity contribution in [3.05, 3.63) is 70.3 Å². The summed E-state index contributed by atoms with van der Waals surface area (Å²) in [4.78, 5) is 0. The number of nitrogens with two attached hydrogens (primary N) is 1. The van der Waals surface area contributed by atoms with Gasteiger partial charge in [0.2, 0.25) is 0 Å². The summed E-state index contributed by atoms with van der Waals surface area (Å²) in [6.45, 7) is 1.55. The van der Waals surface area contributed by atoms with Gasteiger partial charge in [-0.25, -0.2) is 8.78 Å². The second-order valence-corrected chi connectivity index (χ2v) is 5.25. The Kier molecular flexibility index (Phi) is 3.28. The molecule has 0 bridgehead atoms. The topological polar surface area (TPSA) is 38.0 Å². The molecule has 2 unspecified atom stereocenters. The average molecular weight is 274 g/mol. The maximum Gasteiger partial charge on any atom is 0.163 e. The number of halogens is 2. The van der Waals surface area contributed by atoms with E-state index < -0.39 is 17.7 Å². The molecule has 1 aliphatic rings. The molecule has 0 saturated carbocycles. The molecule has 0 aromatic heterocycles. The Balaban J connectivity index is 1.99. The molecule has 3 rings (SSSR count). The maximum atomic E-state index is 14.1. The molecular weight excluding hydrogens is 258 g/mol. The molecule has 0 heterocycles. The molecule has 2 aromatic rings. The van der Waals surface area contributed by atoms with Crippen molar-refractivity contribution in [3.8, 4) is 0 Å². The van der Waals surface area contributed by atoms with Crippen LogP contribution in [-0.4, -0.2) is 0 Å². The number of nitrogens with one attached hydrogen (secondary N) is 1. The zero-order chi connectivity index (χ0) is 14.3. The third-order valence-electron chi connectivity index (χ3n) is 4.12. The minimum absolute atomic E-state index is 0.0767. The van der Waals surface area contributed by atoms with Crippen LogP contribution in [-0.2, 0) is 6.42 Å². The summed E-state index contributed by atoms with van der Waals surface area (Å²) in [6, 6.07) is 10.8. The molecule has 2 aromatic carbocycles. The molecule has 0 aliphatic heterocycles. The van der Waals surface area contributed by atoms with Crippen molar-refractivity contribution in [1.29, 1.82) is 0 Å². The zero-order valence-electron chi connectivity index (χ0n) is 11.2. The molecule has 0 spiro atoms. The van der Waals surface area contributed by atoms with Crippen molar-refractivity contribution in [2.75, 3.05) is 0 Å². The third kappa shape index (κ3) is 1.92. The van der Waals surface area contributed by atoms with Crippen LogP contribution < -0.4 is 11.3 Å². The molecule has 4 heteroatoms. The molecule has 104 valence electrons. The molecule has 1 aliphatic carbocycles. The van der Waals surface area contributed by atoms with E-state index in [9.17, 15) is 8.78 Å². The lowest BCUT2D eigenvalue weighted by Crippen LogP contribution is -2.37. The Labute approximate surface area is 116 Å². The second-order valence-electron chi connectivity index (χ2n) is 5.25. The minimum atomic E-state index is -0.808. The van der Waals surface area contributed by atoms with Gasteiger partial charge in [0, 0.05) is 11.5 Å². The lowest BCUT2D eigenvalue weighted by Gasteiger charge is -2.36. The molecule has 0 radical (unpaired) electrons. The molecule has 0 amide bonds. The molecule has 2 nitrogen and oxygen atoms in total. The normalized spacial score (nSPS) is 18.3. The van der Waals surface area contributed by atoms with E-state index in [1.165, 1.54) is 5.56 Å². The highest BCUT2D eigenvalue weighted by atomic mass is 19.2. The number of hydrogen-bond acceptors (Lipinski definition) is 2. The quantitative estimate of drug-likeness (QED) is 0.666. The lowest BCUT2D eigenvalue weighted by atomic mass is 9.72. The predicted molar refractivity (Wildman–Crippen MR) is 74.0 cm³/mol. The standard InChI is InChI=1S/C16H16F2N2/c1-9-6-7-12(15(18)14(9)17)16(20-19)13-8-10-4-2-3-5-11(10)13/h2-7,13,16,20H,8,19H2,1H3. The van der Waals surface area contributed by atoms with Crippen molar-refractivity contribution in [3.63, 3.8) is 0 Å². The van der Waals surface area contributed by atoms with E-state index in [1.54, 1.807) is 19.1 Å². The minimum Gasteiger partial charge on any atom is -0.271 e. The maximum absolute atomic E-state index is 14.1. The number of benzene rings is 2. The van der Waals surface area contributed by atoms with E-state index in [0.717, 1.165) is 12.0 Å². The Morgan fingerprint density at radius 2 is 1.90 bits per heavy atom. The summed E-state index contributed by atoms with van der Waals surface area (Å²) >= 11 is 0. The number of aryl methyl sites for hydroxylation is 1. The smallest absolute Gasteiger partial charge is 0.163 e. The lowest BCUT2D eigenvalue weighted by molar-refractivity contribution is 0.393. The van der Waals surface area contributed by atoms with E-state index >= 15 is 0 Å². The molecule has 0 saturated heterocycles. The number of hydrogen-bond donors (Lipinski definition) is 2. The monoisotopic (exact) mass is 274 g/mol. The van der Waals surface area contributed by atoms with Crippen LogP contribution in [0.2, 0.25) is 0 Å². The summed E-state index contributed by atoms with van der Waals surface area (Å²) in [6.07, 6.45) is 0.819. The Morgan fingerprint density at radius 3 is 2.60 bits per heavy atom. The van der Waals surface area contributed by atoms with Crippen molar-refractivity contribution < 1.29 is 8.78 Å². The summed E-state index contributed by atoms with van der Waals surface area (Å²) in [5.41, 5.74) is 5.62. The largest absolute Gasteiger partial charge is 0.271 e. The highest BCUT2D eigenvalue weighted by Crippen LogP contribution is 2.43. The summed E-state index contributed by atoms with van der Waals surface area (Å²) in [7, 11) is 0.